The van der Waals surface area contributed by atoms with Crippen LogP contribution >= 0.6 is 0 Å². The minimum absolute atomic E-state index is 0.151. The van der Waals surface area contributed by atoms with Crippen molar-refractivity contribution in [2.45, 2.75) is 13.1 Å². The molecule has 1 aliphatic heterocycles. The Labute approximate surface area is 223 Å². The van der Waals surface area contributed by atoms with Gasteiger partial charge in [0.25, 0.3) is 0 Å². The van der Waals surface area contributed by atoms with Crippen molar-refractivity contribution in [3.63, 3.8) is 0 Å². The first kappa shape index (κ1) is 27.7. The molecule has 1 fully saturated rings. The molecular weight excluding hydrogens is 509 g/mol. The number of carbonyl (C=O) groups excluding carboxylic acids is 1. The summed E-state index contributed by atoms with van der Waals surface area (Å²) in [6.45, 7) is 3.21. The molecule has 0 unspecified atom stereocenters. The Bertz CT molecular complexity index is 1280. The van der Waals surface area contributed by atoms with Crippen LogP contribution in [0, 0.1) is 5.82 Å². The molecule has 1 amide bonds. The van der Waals surface area contributed by atoms with E-state index in [-0.39, 0.29) is 37.9 Å². The number of benzene rings is 2. The van der Waals surface area contributed by atoms with E-state index in [9.17, 15) is 17.6 Å². The van der Waals surface area contributed by atoms with Crippen molar-refractivity contribution in [3.05, 3.63) is 101 Å². The summed E-state index contributed by atoms with van der Waals surface area (Å²) in [6, 6.07) is 18.5. The lowest BCUT2D eigenvalue weighted by molar-refractivity contribution is -0.133. The number of rotatable bonds is 12. The average molecular weight is 542 g/mol. The monoisotopic (exact) mass is 541 g/mol. The first-order chi connectivity index (χ1) is 18.4. The third-order valence-corrected chi connectivity index (χ3v) is 7.75. The van der Waals surface area contributed by atoms with E-state index in [1.54, 1.807) is 24.3 Å². The number of sulfonamides is 1. The summed E-state index contributed by atoms with van der Waals surface area (Å²) in [6.07, 6.45) is 3.05. The number of halogens is 1. The number of hydrogen-bond acceptors (Lipinski definition) is 6. The van der Waals surface area contributed by atoms with E-state index in [2.05, 4.69) is 4.90 Å². The SMILES string of the molecule is O=C(CN(CCN1CCOCC1)S(=O)(=O)/C=C/c1ccccc1)N(Cc1ccc(F)cc1)Cc1ccco1. The van der Waals surface area contributed by atoms with Gasteiger partial charge in [-0.3, -0.25) is 9.69 Å². The van der Waals surface area contributed by atoms with Gasteiger partial charge in [0.15, 0.2) is 0 Å². The third kappa shape index (κ3) is 8.35. The zero-order valence-corrected chi connectivity index (χ0v) is 21.9. The normalized spacial score (nSPS) is 14.8. The molecule has 1 aromatic heterocycles. The lowest BCUT2D eigenvalue weighted by Gasteiger charge is -2.30. The number of hydrogen-bond donors (Lipinski definition) is 0. The first-order valence-electron chi connectivity index (χ1n) is 12.5. The lowest BCUT2D eigenvalue weighted by atomic mass is 10.2. The Kier molecular flexibility index (Phi) is 9.83. The Morgan fingerprint density at radius 3 is 2.39 bits per heavy atom. The van der Waals surface area contributed by atoms with Gasteiger partial charge in [-0.2, -0.15) is 4.31 Å². The van der Waals surface area contributed by atoms with Crippen LogP contribution in [-0.4, -0.2) is 74.4 Å². The zero-order valence-electron chi connectivity index (χ0n) is 21.1. The van der Waals surface area contributed by atoms with E-state index < -0.39 is 10.0 Å². The van der Waals surface area contributed by atoms with Gasteiger partial charge in [-0.05, 0) is 41.5 Å². The molecule has 1 aliphatic rings. The summed E-state index contributed by atoms with van der Waals surface area (Å²) < 4.78 is 52.3. The number of amides is 1. The number of nitrogens with zero attached hydrogens (tertiary/aromatic N) is 3. The molecule has 0 radical (unpaired) electrons. The second-order valence-corrected chi connectivity index (χ2v) is 10.8. The Morgan fingerprint density at radius 2 is 1.71 bits per heavy atom. The van der Waals surface area contributed by atoms with Crippen LogP contribution in [0.3, 0.4) is 0 Å². The van der Waals surface area contributed by atoms with E-state index >= 15 is 0 Å². The molecule has 2 heterocycles. The average Bonchev–Trinajstić information content (AvgIpc) is 3.45. The maximum atomic E-state index is 13.6. The molecule has 202 valence electrons. The molecule has 38 heavy (non-hydrogen) atoms. The second-order valence-electron chi connectivity index (χ2n) is 9.00. The van der Waals surface area contributed by atoms with E-state index in [1.165, 1.54) is 33.7 Å². The molecule has 3 aromatic rings. The van der Waals surface area contributed by atoms with Crippen LogP contribution in [0.15, 0.2) is 82.8 Å². The molecule has 8 nitrogen and oxygen atoms in total. The number of ether oxygens (including phenoxy) is 1. The van der Waals surface area contributed by atoms with Crippen LogP contribution in [0.25, 0.3) is 6.08 Å². The summed E-state index contributed by atoms with van der Waals surface area (Å²) in [5, 5.41) is 1.14. The van der Waals surface area contributed by atoms with Crippen molar-refractivity contribution in [2.24, 2.45) is 0 Å². The van der Waals surface area contributed by atoms with E-state index in [0.29, 0.717) is 38.6 Å². The van der Waals surface area contributed by atoms with Crippen LogP contribution in [0.5, 0.6) is 0 Å². The summed E-state index contributed by atoms with van der Waals surface area (Å²) in [5.41, 5.74) is 1.46. The second kappa shape index (κ2) is 13.5. The summed E-state index contributed by atoms with van der Waals surface area (Å²) in [5.74, 6) is -0.195. The fourth-order valence-electron chi connectivity index (χ4n) is 4.07. The molecule has 0 bridgehead atoms. The molecule has 2 aromatic carbocycles. The highest BCUT2D eigenvalue weighted by molar-refractivity contribution is 7.92. The van der Waals surface area contributed by atoms with Gasteiger partial charge < -0.3 is 14.1 Å². The van der Waals surface area contributed by atoms with Gasteiger partial charge in [0, 0.05) is 38.1 Å². The van der Waals surface area contributed by atoms with Gasteiger partial charge in [0.1, 0.15) is 11.6 Å². The largest absolute Gasteiger partial charge is 0.467 e. The topological polar surface area (TPSA) is 83.3 Å². The number of morpholine rings is 1. The van der Waals surface area contributed by atoms with Crippen LogP contribution in [0.1, 0.15) is 16.9 Å². The molecule has 0 saturated carbocycles. The predicted molar refractivity (Wildman–Crippen MR) is 143 cm³/mol. The molecule has 0 spiro atoms. The standard InChI is InChI=1S/C28H32FN3O5S/c29-26-10-8-25(9-11-26)21-31(22-27-7-4-17-37-27)28(33)23-32(14-13-30-15-18-36-19-16-30)38(34,35)20-12-24-5-2-1-3-6-24/h1-12,17,20H,13-16,18-19,21-23H2/b20-12+. The Morgan fingerprint density at radius 1 is 0.974 bits per heavy atom. The van der Waals surface area contributed by atoms with Crippen LogP contribution in [0.2, 0.25) is 0 Å². The molecule has 10 heteroatoms. The fourth-order valence-corrected chi connectivity index (χ4v) is 5.20. The smallest absolute Gasteiger partial charge is 0.238 e. The quantitative estimate of drug-likeness (QED) is 0.349. The molecule has 0 N–H and O–H groups in total. The van der Waals surface area contributed by atoms with Crippen LogP contribution in [0.4, 0.5) is 4.39 Å². The van der Waals surface area contributed by atoms with Crippen molar-refractivity contribution in [3.8, 4) is 0 Å². The maximum Gasteiger partial charge on any atom is 0.238 e. The van der Waals surface area contributed by atoms with Gasteiger partial charge in [-0.25, -0.2) is 12.8 Å². The van der Waals surface area contributed by atoms with Gasteiger partial charge in [0.05, 0.1) is 32.6 Å². The van der Waals surface area contributed by atoms with Gasteiger partial charge in [-0.1, -0.05) is 42.5 Å². The highest BCUT2D eigenvalue weighted by Crippen LogP contribution is 2.15. The van der Waals surface area contributed by atoms with Crippen molar-refractivity contribution in [1.29, 1.82) is 0 Å². The summed E-state index contributed by atoms with van der Waals surface area (Å²) >= 11 is 0. The highest BCUT2D eigenvalue weighted by Gasteiger charge is 2.27. The van der Waals surface area contributed by atoms with Crippen molar-refractivity contribution >= 4 is 22.0 Å². The molecular formula is C28H32FN3O5S. The highest BCUT2D eigenvalue weighted by atomic mass is 32.2. The minimum Gasteiger partial charge on any atom is -0.467 e. The zero-order chi connectivity index (χ0) is 26.8. The Hall–Kier alpha value is -3.31. The summed E-state index contributed by atoms with van der Waals surface area (Å²) in [7, 11) is -3.92. The predicted octanol–water partition coefficient (Wildman–Crippen LogP) is 3.58. The van der Waals surface area contributed by atoms with Crippen molar-refractivity contribution in [2.75, 3.05) is 45.9 Å². The molecule has 4 rings (SSSR count). The van der Waals surface area contributed by atoms with E-state index in [4.69, 9.17) is 9.15 Å². The molecule has 0 aliphatic carbocycles. The van der Waals surface area contributed by atoms with Crippen LogP contribution in [-0.2, 0) is 32.6 Å². The Balaban J connectivity index is 1.53. The fraction of sp³-hybridized carbons (Fsp3) is 0.321. The summed E-state index contributed by atoms with van der Waals surface area (Å²) in [4.78, 5) is 17.2. The van der Waals surface area contributed by atoms with Crippen LogP contribution < -0.4 is 0 Å². The maximum absolute atomic E-state index is 13.6. The first-order valence-corrected chi connectivity index (χ1v) is 14.0. The molecule has 0 atom stereocenters. The van der Waals surface area contributed by atoms with Gasteiger partial charge in [0.2, 0.25) is 15.9 Å². The van der Waals surface area contributed by atoms with Crippen molar-refractivity contribution < 1.29 is 26.8 Å². The van der Waals surface area contributed by atoms with Gasteiger partial charge in [-0.15, -0.1) is 0 Å². The molecule has 1 saturated heterocycles. The number of furan rings is 1. The van der Waals surface area contributed by atoms with E-state index in [0.717, 1.165) is 16.5 Å². The number of carbonyl (C=O) groups is 1. The van der Waals surface area contributed by atoms with Gasteiger partial charge >= 0.3 is 0 Å². The lowest BCUT2D eigenvalue weighted by Crippen LogP contribution is -2.46. The minimum atomic E-state index is -3.92. The third-order valence-electron chi connectivity index (χ3n) is 6.24. The van der Waals surface area contributed by atoms with Crippen molar-refractivity contribution in [1.82, 2.24) is 14.1 Å². The van der Waals surface area contributed by atoms with E-state index in [1.807, 2.05) is 30.3 Å².